The Morgan fingerprint density at radius 3 is 2.73 bits per heavy atom. The van der Waals surface area contributed by atoms with Gasteiger partial charge < -0.3 is 4.90 Å². The highest BCUT2D eigenvalue weighted by molar-refractivity contribution is 5.66. The monoisotopic (exact) mass is 308 g/mol. The molecule has 0 bridgehead atoms. The second-order valence-electron chi connectivity index (χ2n) is 5.31. The number of alkyl halides is 3. The van der Waals surface area contributed by atoms with Crippen molar-refractivity contribution in [2.75, 3.05) is 6.54 Å². The molecule has 0 atom stereocenters. The van der Waals surface area contributed by atoms with Crippen LogP contribution < -0.4 is 0 Å². The van der Waals surface area contributed by atoms with Crippen molar-refractivity contribution in [3.05, 3.63) is 52.9 Å². The Morgan fingerprint density at radius 1 is 1.27 bits per heavy atom. The molecule has 0 saturated heterocycles. The minimum atomic E-state index is -4.36. The van der Waals surface area contributed by atoms with Gasteiger partial charge in [-0.1, -0.05) is 18.7 Å². The number of fused-ring (bicyclic) bond motifs is 1. The van der Waals surface area contributed by atoms with Crippen LogP contribution in [0.5, 0.6) is 0 Å². The molecular weight excluding hydrogens is 293 g/mol. The highest BCUT2D eigenvalue weighted by Crippen LogP contribution is 2.35. The van der Waals surface area contributed by atoms with Crippen molar-refractivity contribution in [3.8, 4) is 0 Å². The standard InChI is InChI=1S/C15H15F3N4/c1-9-11(4-3-5-12(9)15(16,17)18)10(2)22-7-6-13-14(8-22)20-21-19-13/h3-5H,2,6-8H2,1H3,(H,19,20,21). The minimum Gasteiger partial charge on any atom is -0.365 e. The number of hydrogen-bond donors (Lipinski definition) is 1. The van der Waals surface area contributed by atoms with Crippen molar-refractivity contribution in [1.29, 1.82) is 0 Å². The number of benzene rings is 1. The highest BCUT2D eigenvalue weighted by atomic mass is 19.4. The molecule has 0 saturated carbocycles. The Labute approximate surface area is 125 Å². The topological polar surface area (TPSA) is 44.8 Å². The van der Waals surface area contributed by atoms with Crippen molar-refractivity contribution in [2.45, 2.75) is 26.1 Å². The normalized spacial score (nSPS) is 14.8. The van der Waals surface area contributed by atoms with E-state index in [2.05, 4.69) is 22.0 Å². The summed E-state index contributed by atoms with van der Waals surface area (Å²) in [6.45, 7) is 6.63. The average molecular weight is 308 g/mol. The maximum atomic E-state index is 13.0. The lowest BCUT2D eigenvalue weighted by Crippen LogP contribution is -2.29. The molecule has 2 heterocycles. The molecule has 4 nitrogen and oxygen atoms in total. The van der Waals surface area contributed by atoms with E-state index in [0.29, 0.717) is 30.8 Å². The van der Waals surface area contributed by atoms with Crippen LogP contribution in [0.15, 0.2) is 24.8 Å². The number of halogens is 3. The molecule has 1 aromatic heterocycles. The lowest BCUT2D eigenvalue weighted by molar-refractivity contribution is -0.138. The first-order valence-corrected chi connectivity index (χ1v) is 6.87. The van der Waals surface area contributed by atoms with Gasteiger partial charge in [-0.25, -0.2) is 0 Å². The van der Waals surface area contributed by atoms with Crippen molar-refractivity contribution in [2.24, 2.45) is 0 Å². The fraction of sp³-hybridized carbons (Fsp3) is 0.333. The van der Waals surface area contributed by atoms with Crippen molar-refractivity contribution < 1.29 is 13.2 Å². The zero-order valence-electron chi connectivity index (χ0n) is 12.0. The summed E-state index contributed by atoms with van der Waals surface area (Å²) in [5.74, 6) is 0. The third-order valence-electron chi connectivity index (χ3n) is 3.99. The van der Waals surface area contributed by atoms with Gasteiger partial charge in [-0.3, -0.25) is 0 Å². The van der Waals surface area contributed by atoms with Crippen molar-refractivity contribution in [3.63, 3.8) is 0 Å². The number of aromatic amines is 1. The Bertz CT molecular complexity index is 718. The fourth-order valence-corrected chi connectivity index (χ4v) is 2.76. The van der Waals surface area contributed by atoms with Crippen LogP contribution in [0.2, 0.25) is 0 Å². The molecule has 7 heteroatoms. The number of H-pyrrole nitrogens is 1. The van der Waals surface area contributed by atoms with E-state index < -0.39 is 11.7 Å². The number of aromatic nitrogens is 3. The molecular formula is C15H15F3N4. The number of hydrogen-bond acceptors (Lipinski definition) is 3. The third-order valence-corrected chi connectivity index (χ3v) is 3.99. The first-order chi connectivity index (χ1) is 10.4. The first-order valence-electron chi connectivity index (χ1n) is 6.87. The van der Waals surface area contributed by atoms with Crippen LogP contribution in [0.4, 0.5) is 13.2 Å². The lowest BCUT2D eigenvalue weighted by atomic mass is 9.98. The van der Waals surface area contributed by atoms with Gasteiger partial charge >= 0.3 is 6.18 Å². The molecule has 1 aliphatic rings. The Hall–Kier alpha value is -2.31. The van der Waals surface area contributed by atoms with Crippen molar-refractivity contribution in [1.82, 2.24) is 20.3 Å². The second-order valence-corrected chi connectivity index (χ2v) is 5.31. The first kappa shape index (κ1) is 14.6. The van der Waals surface area contributed by atoms with E-state index in [0.717, 1.165) is 17.5 Å². The zero-order valence-corrected chi connectivity index (χ0v) is 12.0. The summed E-state index contributed by atoms with van der Waals surface area (Å²) in [5.41, 5.74) is 2.40. The average Bonchev–Trinajstić information content (AvgIpc) is 2.93. The van der Waals surface area contributed by atoms with Gasteiger partial charge in [0, 0.05) is 24.2 Å². The van der Waals surface area contributed by atoms with E-state index in [-0.39, 0.29) is 5.56 Å². The number of nitrogens with zero attached hydrogens (tertiary/aromatic N) is 3. The summed E-state index contributed by atoms with van der Waals surface area (Å²) in [6, 6.07) is 4.19. The minimum absolute atomic E-state index is 0.200. The van der Waals surface area contributed by atoms with Crippen LogP contribution in [-0.2, 0) is 19.1 Å². The molecule has 3 rings (SSSR count). The second kappa shape index (κ2) is 5.15. The van der Waals surface area contributed by atoms with E-state index in [9.17, 15) is 13.2 Å². The van der Waals surface area contributed by atoms with Gasteiger partial charge in [-0.05, 0) is 18.6 Å². The Morgan fingerprint density at radius 2 is 2.00 bits per heavy atom. The smallest absolute Gasteiger partial charge is 0.365 e. The molecule has 0 fully saturated rings. The van der Waals surface area contributed by atoms with Crippen molar-refractivity contribution >= 4 is 5.70 Å². The summed E-state index contributed by atoms with van der Waals surface area (Å²) < 4.78 is 39.1. The lowest BCUT2D eigenvalue weighted by Gasteiger charge is -2.30. The maximum Gasteiger partial charge on any atom is 0.416 e. The molecule has 22 heavy (non-hydrogen) atoms. The van der Waals surface area contributed by atoms with Gasteiger partial charge in [-0.15, -0.1) is 0 Å². The molecule has 0 unspecified atom stereocenters. The summed E-state index contributed by atoms with van der Waals surface area (Å²) >= 11 is 0. The Balaban J connectivity index is 1.91. The molecule has 1 aliphatic heterocycles. The molecule has 2 aromatic rings. The zero-order chi connectivity index (χ0) is 15.9. The largest absolute Gasteiger partial charge is 0.416 e. The molecule has 0 amide bonds. The van der Waals surface area contributed by atoms with Crippen LogP contribution in [0.1, 0.15) is 28.1 Å². The molecule has 0 aliphatic carbocycles. The number of rotatable bonds is 2. The van der Waals surface area contributed by atoms with Crippen LogP contribution in [0.25, 0.3) is 5.70 Å². The third kappa shape index (κ3) is 2.47. The van der Waals surface area contributed by atoms with Crippen LogP contribution >= 0.6 is 0 Å². The summed E-state index contributed by atoms with van der Waals surface area (Å²) in [6.07, 6.45) is -3.66. The van der Waals surface area contributed by atoms with Gasteiger partial charge in [0.05, 0.1) is 17.8 Å². The highest BCUT2D eigenvalue weighted by Gasteiger charge is 2.33. The summed E-state index contributed by atoms with van der Waals surface area (Å²) in [4.78, 5) is 1.94. The molecule has 1 N–H and O–H groups in total. The molecule has 116 valence electrons. The van der Waals surface area contributed by atoms with E-state index in [4.69, 9.17) is 0 Å². The predicted octanol–water partition coefficient (Wildman–Crippen LogP) is 3.16. The van der Waals surface area contributed by atoms with Crippen LogP contribution in [0, 0.1) is 6.92 Å². The van der Waals surface area contributed by atoms with Gasteiger partial charge in [-0.2, -0.15) is 28.6 Å². The molecule has 1 aromatic carbocycles. The van der Waals surface area contributed by atoms with Gasteiger partial charge in [0.15, 0.2) is 0 Å². The number of nitrogens with one attached hydrogen (secondary N) is 1. The van der Waals surface area contributed by atoms with Gasteiger partial charge in [0.25, 0.3) is 0 Å². The summed E-state index contributed by atoms with van der Waals surface area (Å²) in [5, 5.41) is 10.7. The quantitative estimate of drug-likeness (QED) is 0.927. The Kier molecular flexibility index (Phi) is 3.42. The van der Waals surface area contributed by atoms with Gasteiger partial charge in [0.1, 0.15) is 5.69 Å². The van der Waals surface area contributed by atoms with E-state index >= 15 is 0 Å². The maximum absolute atomic E-state index is 13.0. The van der Waals surface area contributed by atoms with E-state index in [1.54, 1.807) is 6.07 Å². The van der Waals surface area contributed by atoms with Crippen LogP contribution in [-0.4, -0.2) is 26.9 Å². The fourth-order valence-electron chi connectivity index (χ4n) is 2.76. The molecule has 0 radical (unpaired) electrons. The summed E-state index contributed by atoms with van der Waals surface area (Å²) in [7, 11) is 0. The van der Waals surface area contributed by atoms with Crippen LogP contribution in [0.3, 0.4) is 0 Å². The SMILES string of the molecule is C=C(c1cccc(C(F)(F)F)c1C)N1CCc2n[nH]nc2C1. The predicted molar refractivity (Wildman–Crippen MR) is 75.7 cm³/mol. The van der Waals surface area contributed by atoms with E-state index in [1.165, 1.54) is 13.0 Å². The van der Waals surface area contributed by atoms with Gasteiger partial charge in [0.2, 0.25) is 0 Å². The molecule has 0 spiro atoms. The van der Waals surface area contributed by atoms with E-state index in [1.807, 2.05) is 4.90 Å².